The van der Waals surface area contributed by atoms with Gasteiger partial charge >= 0.3 is 0 Å². The summed E-state index contributed by atoms with van der Waals surface area (Å²) in [6.45, 7) is 2.05. The number of nitrogens with zero attached hydrogens (tertiary/aromatic N) is 3. The van der Waals surface area contributed by atoms with Gasteiger partial charge in [0.1, 0.15) is 5.75 Å². The van der Waals surface area contributed by atoms with Crippen LogP contribution in [0.15, 0.2) is 84.0 Å². The van der Waals surface area contributed by atoms with Crippen molar-refractivity contribution in [3.05, 3.63) is 84.4 Å². The molecule has 0 radical (unpaired) electrons. The van der Waals surface area contributed by atoms with Gasteiger partial charge in [0.15, 0.2) is 11.0 Å². The van der Waals surface area contributed by atoms with E-state index in [0.29, 0.717) is 11.0 Å². The molecule has 4 aromatic rings. The number of amides is 1. The van der Waals surface area contributed by atoms with Gasteiger partial charge in [-0.05, 0) is 55.0 Å². The molecule has 0 unspecified atom stereocenters. The molecule has 0 fully saturated rings. The molecule has 1 amide bonds. The lowest BCUT2D eigenvalue weighted by atomic mass is 10.1. The Morgan fingerprint density at radius 3 is 2.39 bits per heavy atom. The molecule has 1 heterocycles. The number of benzene rings is 3. The highest BCUT2D eigenvalue weighted by molar-refractivity contribution is 7.99. The van der Waals surface area contributed by atoms with E-state index in [0.717, 1.165) is 28.3 Å². The molecule has 0 bridgehead atoms. The number of nitrogens with one attached hydrogen (secondary N) is 1. The number of anilines is 1. The Bertz CT molecular complexity index is 1170. The molecule has 0 saturated carbocycles. The van der Waals surface area contributed by atoms with Crippen LogP contribution >= 0.6 is 11.8 Å². The highest BCUT2D eigenvalue weighted by Crippen LogP contribution is 2.30. The summed E-state index contributed by atoms with van der Waals surface area (Å²) >= 11 is 1.35. The zero-order chi connectivity index (χ0) is 21.6. The van der Waals surface area contributed by atoms with Crippen molar-refractivity contribution in [1.82, 2.24) is 14.8 Å². The lowest BCUT2D eigenvalue weighted by Crippen LogP contribution is -2.14. The lowest BCUT2D eigenvalue weighted by Gasteiger charge is -2.13. The Kier molecular flexibility index (Phi) is 6.33. The number of aryl methyl sites for hydroxylation is 1. The van der Waals surface area contributed by atoms with E-state index in [1.54, 1.807) is 7.11 Å². The van der Waals surface area contributed by atoms with Crippen LogP contribution in [-0.2, 0) is 4.79 Å². The quantitative estimate of drug-likeness (QED) is 0.419. The van der Waals surface area contributed by atoms with Crippen molar-refractivity contribution >= 4 is 23.4 Å². The molecule has 6 nitrogen and oxygen atoms in total. The van der Waals surface area contributed by atoms with E-state index < -0.39 is 0 Å². The summed E-state index contributed by atoms with van der Waals surface area (Å²) in [6, 6.07) is 25.2. The van der Waals surface area contributed by atoms with Gasteiger partial charge in [0.05, 0.1) is 18.6 Å². The van der Waals surface area contributed by atoms with E-state index in [-0.39, 0.29) is 11.7 Å². The number of para-hydroxylation sites is 2. The highest BCUT2D eigenvalue weighted by atomic mass is 32.2. The molecule has 1 N–H and O–H groups in total. The maximum Gasteiger partial charge on any atom is 0.234 e. The fraction of sp³-hybridized carbons (Fsp3) is 0.125. The first-order chi connectivity index (χ1) is 15.2. The molecule has 0 aliphatic rings. The van der Waals surface area contributed by atoms with E-state index in [2.05, 4.69) is 15.5 Å². The van der Waals surface area contributed by atoms with Crippen molar-refractivity contribution in [3.63, 3.8) is 0 Å². The van der Waals surface area contributed by atoms with Crippen molar-refractivity contribution in [2.24, 2.45) is 0 Å². The van der Waals surface area contributed by atoms with Crippen molar-refractivity contribution in [2.45, 2.75) is 12.1 Å². The molecule has 1 aromatic heterocycles. The number of thioether (sulfide) groups is 1. The van der Waals surface area contributed by atoms with Crippen LogP contribution in [0.4, 0.5) is 5.69 Å². The summed E-state index contributed by atoms with van der Waals surface area (Å²) in [5, 5.41) is 12.4. The standard InChI is InChI=1S/C24H22N4O2S/c1-17-8-6-7-11-21(17)28-23(18-12-14-20(30-2)15-13-18)26-27-24(28)31-16-22(29)25-19-9-4-3-5-10-19/h3-15H,16H2,1-2H3,(H,25,29). The number of methoxy groups -OCH3 is 1. The average molecular weight is 431 g/mol. The Morgan fingerprint density at radius 2 is 1.68 bits per heavy atom. The first-order valence-corrected chi connectivity index (χ1v) is 10.8. The number of rotatable bonds is 7. The molecule has 0 spiro atoms. The monoisotopic (exact) mass is 430 g/mol. The normalized spacial score (nSPS) is 10.6. The van der Waals surface area contributed by atoms with Gasteiger partial charge < -0.3 is 10.1 Å². The summed E-state index contributed by atoms with van der Waals surface area (Å²) in [5.41, 5.74) is 3.75. The molecule has 31 heavy (non-hydrogen) atoms. The number of hydrogen-bond donors (Lipinski definition) is 1. The van der Waals surface area contributed by atoms with Crippen molar-refractivity contribution < 1.29 is 9.53 Å². The minimum Gasteiger partial charge on any atom is -0.497 e. The van der Waals surface area contributed by atoms with Gasteiger partial charge in [-0.2, -0.15) is 0 Å². The van der Waals surface area contributed by atoms with Crippen LogP contribution in [-0.4, -0.2) is 33.5 Å². The van der Waals surface area contributed by atoms with Crippen molar-refractivity contribution in [1.29, 1.82) is 0 Å². The zero-order valence-corrected chi connectivity index (χ0v) is 18.1. The SMILES string of the molecule is COc1ccc(-c2nnc(SCC(=O)Nc3ccccc3)n2-c2ccccc2C)cc1. The fourth-order valence-corrected chi connectivity index (χ4v) is 3.92. The molecule has 0 saturated heterocycles. The Morgan fingerprint density at radius 1 is 0.968 bits per heavy atom. The second-order valence-electron chi connectivity index (χ2n) is 6.86. The molecule has 7 heteroatoms. The molecule has 0 aliphatic heterocycles. The second kappa shape index (κ2) is 9.49. The van der Waals surface area contributed by atoms with Crippen LogP contribution in [0.1, 0.15) is 5.56 Å². The van der Waals surface area contributed by atoms with Crippen LogP contribution in [0.25, 0.3) is 17.1 Å². The van der Waals surface area contributed by atoms with Crippen LogP contribution in [0.5, 0.6) is 5.75 Å². The van der Waals surface area contributed by atoms with Crippen molar-refractivity contribution in [3.8, 4) is 22.8 Å². The van der Waals surface area contributed by atoms with Crippen molar-refractivity contribution in [2.75, 3.05) is 18.2 Å². The first-order valence-electron chi connectivity index (χ1n) is 9.79. The average Bonchev–Trinajstić information content (AvgIpc) is 3.22. The predicted molar refractivity (Wildman–Crippen MR) is 124 cm³/mol. The van der Waals surface area contributed by atoms with Gasteiger partial charge in [0, 0.05) is 11.3 Å². The summed E-state index contributed by atoms with van der Waals surface area (Å²) in [4.78, 5) is 12.4. The van der Waals surface area contributed by atoms with Gasteiger partial charge in [-0.15, -0.1) is 10.2 Å². The smallest absolute Gasteiger partial charge is 0.234 e. The molecule has 4 rings (SSSR count). The van der Waals surface area contributed by atoms with Crippen LogP contribution < -0.4 is 10.1 Å². The van der Waals surface area contributed by atoms with Crippen LogP contribution in [0.2, 0.25) is 0 Å². The largest absolute Gasteiger partial charge is 0.497 e. The number of ether oxygens (including phenoxy) is 1. The number of hydrogen-bond acceptors (Lipinski definition) is 5. The van der Waals surface area contributed by atoms with Crippen LogP contribution in [0.3, 0.4) is 0 Å². The molecule has 0 aliphatic carbocycles. The predicted octanol–water partition coefficient (Wildman–Crippen LogP) is 4.98. The van der Waals surface area contributed by atoms with E-state index in [9.17, 15) is 4.79 Å². The Hall–Kier alpha value is -3.58. The third-order valence-corrected chi connectivity index (χ3v) is 5.66. The second-order valence-corrected chi connectivity index (χ2v) is 7.80. The summed E-state index contributed by atoms with van der Waals surface area (Å²) < 4.78 is 7.26. The minimum absolute atomic E-state index is 0.0958. The molecular weight excluding hydrogens is 408 g/mol. The topological polar surface area (TPSA) is 69.0 Å². The molecule has 3 aromatic carbocycles. The maximum atomic E-state index is 12.4. The van der Waals surface area contributed by atoms with Gasteiger partial charge in [0.2, 0.25) is 5.91 Å². The lowest BCUT2D eigenvalue weighted by molar-refractivity contribution is -0.113. The summed E-state index contributed by atoms with van der Waals surface area (Å²) in [6.07, 6.45) is 0. The summed E-state index contributed by atoms with van der Waals surface area (Å²) in [5.74, 6) is 1.61. The van der Waals surface area contributed by atoms with E-state index in [4.69, 9.17) is 4.74 Å². The fourth-order valence-electron chi connectivity index (χ4n) is 3.17. The molecule has 156 valence electrons. The Labute approximate surface area is 185 Å². The van der Waals surface area contributed by atoms with E-state index in [1.807, 2.05) is 90.4 Å². The number of carbonyl (C=O) groups excluding carboxylic acids is 1. The van der Waals surface area contributed by atoms with Gasteiger partial charge in [-0.25, -0.2) is 0 Å². The third kappa shape index (κ3) is 4.78. The maximum absolute atomic E-state index is 12.4. The number of aromatic nitrogens is 3. The van der Waals surface area contributed by atoms with E-state index >= 15 is 0 Å². The summed E-state index contributed by atoms with van der Waals surface area (Å²) in [7, 11) is 1.64. The molecule has 0 atom stereocenters. The van der Waals surface area contributed by atoms with Gasteiger partial charge in [-0.1, -0.05) is 48.2 Å². The first kappa shape index (κ1) is 20.7. The Balaban J connectivity index is 1.63. The van der Waals surface area contributed by atoms with Crippen LogP contribution in [0, 0.1) is 6.92 Å². The third-order valence-electron chi connectivity index (χ3n) is 4.73. The van der Waals surface area contributed by atoms with E-state index in [1.165, 1.54) is 11.8 Å². The minimum atomic E-state index is -0.0958. The van der Waals surface area contributed by atoms with Gasteiger partial charge in [-0.3, -0.25) is 9.36 Å². The molecular formula is C24H22N4O2S. The van der Waals surface area contributed by atoms with Gasteiger partial charge in [0.25, 0.3) is 0 Å². The zero-order valence-electron chi connectivity index (χ0n) is 17.3. The number of carbonyl (C=O) groups is 1. The highest BCUT2D eigenvalue weighted by Gasteiger charge is 2.18.